The molecule has 0 fully saturated rings. The molecule has 9 heteroatoms. The molecule has 8 nitrogen and oxygen atoms in total. The van der Waals surface area contributed by atoms with E-state index < -0.39 is 24.5 Å². The van der Waals surface area contributed by atoms with Crippen molar-refractivity contribution in [2.24, 2.45) is 0 Å². The van der Waals surface area contributed by atoms with E-state index in [-0.39, 0.29) is 22.1 Å². The molecule has 0 bridgehead atoms. The number of methoxy groups -OCH3 is 2. The zero-order valence-corrected chi connectivity index (χ0v) is 15.1. The monoisotopic (exact) mass is 372 g/mol. The van der Waals surface area contributed by atoms with Crippen molar-refractivity contribution in [1.82, 2.24) is 10.6 Å². The van der Waals surface area contributed by atoms with Crippen molar-refractivity contribution in [2.75, 3.05) is 27.4 Å². The van der Waals surface area contributed by atoms with E-state index in [1.165, 1.54) is 26.4 Å². The quantitative estimate of drug-likeness (QED) is 0.535. The molecule has 1 aromatic rings. The van der Waals surface area contributed by atoms with Crippen molar-refractivity contribution >= 4 is 29.5 Å². The highest BCUT2D eigenvalue weighted by Gasteiger charge is 2.17. The van der Waals surface area contributed by atoms with Crippen LogP contribution in [-0.2, 0) is 9.53 Å². The summed E-state index contributed by atoms with van der Waals surface area (Å²) in [5.41, 5.74) is 0.0860. The van der Waals surface area contributed by atoms with Crippen LogP contribution in [-0.4, -0.2) is 45.3 Å². The van der Waals surface area contributed by atoms with Crippen LogP contribution in [0.2, 0.25) is 5.02 Å². The molecule has 0 spiro atoms. The van der Waals surface area contributed by atoms with Crippen LogP contribution in [0.4, 0.5) is 4.79 Å². The number of hydrogen-bond acceptors (Lipinski definition) is 6. The van der Waals surface area contributed by atoms with Gasteiger partial charge in [0.05, 0.1) is 24.8 Å². The van der Waals surface area contributed by atoms with Crippen LogP contribution >= 0.6 is 11.6 Å². The van der Waals surface area contributed by atoms with E-state index >= 15 is 0 Å². The van der Waals surface area contributed by atoms with E-state index in [1.54, 1.807) is 0 Å². The molecule has 0 aliphatic rings. The van der Waals surface area contributed by atoms with Gasteiger partial charge in [-0.15, -0.1) is 0 Å². The summed E-state index contributed by atoms with van der Waals surface area (Å²) in [5, 5.41) is 4.73. The van der Waals surface area contributed by atoms with Gasteiger partial charge in [-0.2, -0.15) is 0 Å². The minimum Gasteiger partial charge on any atom is -0.493 e. The standard InChI is InChI=1S/C16H21ClN2O6/c1-4-5-6-18-16(22)19-13(20)9-25-15(21)10-7-11(17)14(24-3)12(8-10)23-2/h7-8H,4-6,9H2,1-3H3,(H2,18,19,20,22). The average molecular weight is 373 g/mol. The van der Waals surface area contributed by atoms with E-state index in [9.17, 15) is 14.4 Å². The van der Waals surface area contributed by atoms with Gasteiger partial charge in [0, 0.05) is 6.54 Å². The van der Waals surface area contributed by atoms with Gasteiger partial charge in [-0.25, -0.2) is 9.59 Å². The van der Waals surface area contributed by atoms with Crippen molar-refractivity contribution in [3.8, 4) is 11.5 Å². The van der Waals surface area contributed by atoms with E-state index in [2.05, 4.69) is 10.6 Å². The Bertz CT molecular complexity index is 635. The molecule has 0 aromatic heterocycles. The number of carbonyl (C=O) groups excluding carboxylic acids is 3. The summed E-state index contributed by atoms with van der Waals surface area (Å²) in [6, 6.07) is 2.08. The van der Waals surface area contributed by atoms with E-state index in [1.807, 2.05) is 6.92 Å². The number of ether oxygens (including phenoxy) is 3. The Labute approximate surface area is 150 Å². The van der Waals surface area contributed by atoms with Crippen LogP contribution in [0.15, 0.2) is 12.1 Å². The van der Waals surface area contributed by atoms with Crippen LogP contribution in [0.3, 0.4) is 0 Å². The predicted octanol–water partition coefficient (Wildman–Crippen LogP) is 2.14. The third-order valence-electron chi connectivity index (χ3n) is 3.07. The van der Waals surface area contributed by atoms with Gasteiger partial charge in [0.1, 0.15) is 0 Å². The molecule has 0 atom stereocenters. The van der Waals surface area contributed by atoms with E-state index in [4.69, 9.17) is 25.8 Å². The lowest BCUT2D eigenvalue weighted by Crippen LogP contribution is -2.41. The van der Waals surface area contributed by atoms with E-state index in [0.717, 1.165) is 12.8 Å². The molecule has 3 amide bonds. The van der Waals surface area contributed by atoms with Crippen molar-refractivity contribution in [3.63, 3.8) is 0 Å². The van der Waals surface area contributed by atoms with Crippen molar-refractivity contribution < 1.29 is 28.6 Å². The summed E-state index contributed by atoms with van der Waals surface area (Å²) in [5.74, 6) is -0.998. The third kappa shape index (κ3) is 6.50. The SMILES string of the molecule is CCCCNC(=O)NC(=O)COC(=O)c1cc(Cl)c(OC)c(OC)c1. The molecule has 0 unspecified atom stereocenters. The van der Waals surface area contributed by atoms with Crippen molar-refractivity contribution in [3.05, 3.63) is 22.7 Å². The molecule has 1 aromatic carbocycles. The Morgan fingerprint density at radius 2 is 1.88 bits per heavy atom. The molecule has 0 saturated carbocycles. The van der Waals surface area contributed by atoms with Crippen LogP contribution in [0.25, 0.3) is 0 Å². The first kappa shape index (κ1) is 20.6. The average Bonchev–Trinajstić information content (AvgIpc) is 2.58. The molecular formula is C16H21ClN2O6. The fraction of sp³-hybridized carbons (Fsp3) is 0.438. The number of urea groups is 1. The number of rotatable bonds is 8. The number of nitrogens with one attached hydrogen (secondary N) is 2. The molecule has 25 heavy (non-hydrogen) atoms. The molecule has 138 valence electrons. The Balaban J connectivity index is 2.58. The number of amides is 3. The Morgan fingerprint density at radius 3 is 2.48 bits per heavy atom. The minimum atomic E-state index is -0.788. The molecule has 0 saturated heterocycles. The fourth-order valence-electron chi connectivity index (χ4n) is 1.84. The molecule has 1 rings (SSSR count). The Hall–Kier alpha value is -2.48. The molecule has 0 heterocycles. The van der Waals surface area contributed by atoms with Crippen LogP contribution in [0.5, 0.6) is 11.5 Å². The largest absolute Gasteiger partial charge is 0.493 e. The topological polar surface area (TPSA) is 103 Å². The summed E-state index contributed by atoms with van der Waals surface area (Å²) < 4.78 is 15.0. The second-order valence-corrected chi connectivity index (χ2v) is 5.33. The molecular weight excluding hydrogens is 352 g/mol. The fourth-order valence-corrected chi connectivity index (χ4v) is 2.12. The maximum atomic E-state index is 12.0. The highest BCUT2D eigenvalue weighted by molar-refractivity contribution is 6.32. The number of carbonyl (C=O) groups is 3. The minimum absolute atomic E-state index is 0.0860. The maximum absolute atomic E-state index is 12.0. The highest BCUT2D eigenvalue weighted by Crippen LogP contribution is 2.36. The van der Waals surface area contributed by atoms with Gasteiger partial charge in [-0.1, -0.05) is 24.9 Å². The van der Waals surface area contributed by atoms with Gasteiger partial charge in [-0.05, 0) is 18.6 Å². The lowest BCUT2D eigenvalue weighted by atomic mass is 10.2. The van der Waals surface area contributed by atoms with E-state index in [0.29, 0.717) is 6.54 Å². The molecule has 0 radical (unpaired) electrons. The van der Waals surface area contributed by atoms with Gasteiger partial charge in [-0.3, -0.25) is 10.1 Å². The Kier molecular flexibility index (Phi) is 8.55. The van der Waals surface area contributed by atoms with Crippen LogP contribution < -0.4 is 20.1 Å². The van der Waals surface area contributed by atoms with Gasteiger partial charge in [0.2, 0.25) is 0 Å². The second-order valence-electron chi connectivity index (χ2n) is 4.93. The van der Waals surface area contributed by atoms with Gasteiger partial charge in [0.25, 0.3) is 5.91 Å². The lowest BCUT2D eigenvalue weighted by Gasteiger charge is -2.11. The van der Waals surface area contributed by atoms with Crippen molar-refractivity contribution in [2.45, 2.75) is 19.8 Å². The summed E-state index contributed by atoms with van der Waals surface area (Å²) in [7, 11) is 2.81. The van der Waals surface area contributed by atoms with Crippen LogP contribution in [0.1, 0.15) is 30.1 Å². The smallest absolute Gasteiger partial charge is 0.338 e. The normalized spacial score (nSPS) is 9.92. The van der Waals surface area contributed by atoms with Crippen molar-refractivity contribution in [1.29, 1.82) is 0 Å². The summed E-state index contributed by atoms with van der Waals surface area (Å²) >= 11 is 6.00. The maximum Gasteiger partial charge on any atom is 0.338 e. The first-order valence-electron chi connectivity index (χ1n) is 7.59. The summed E-state index contributed by atoms with van der Waals surface area (Å²) in [6.07, 6.45) is 1.72. The first-order chi connectivity index (χ1) is 11.9. The Morgan fingerprint density at radius 1 is 1.16 bits per heavy atom. The number of unbranched alkanes of at least 4 members (excludes halogenated alkanes) is 1. The summed E-state index contributed by atoms with van der Waals surface area (Å²) in [6.45, 7) is 1.83. The molecule has 0 aliphatic heterocycles. The third-order valence-corrected chi connectivity index (χ3v) is 3.35. The molecule has 0 aliphatic carbocycles. The molecule has 2 N–H and O–H groups in total. The van der Waals surface area contributed by atoms with Gasteiger partial charge in [0.15, 0.2) is 18.1 Å². The number of halogens is 1. The zero-order valence-electron chi connectivity index (χ0n) is 14.3. The number of hydrogen-bond donors (Lipinski definition) is 2. The zero-order chi connectivity index (χ0) is 18.8. The summed E-state index contributed by atoms with van der Waals surface area (Å²) in [4.78, 5) is 35.0. The van der Waals surface area contributed by atoms with Crippen LogP contribution in [0, 0.1) is 0 Å². The number of imide groups is 1. The highest BCUT2D eigenvalue weighted by atomic mass is 35.5. The van der Waals surface area contributed by atoms with Gasteiger partial charge >= 0.3 is 12.0 Å². The number of esters is 1. The lowest BCUT2D eigenvalue weighted by molar-refractivity contribution is -0.123. The number of benzene rings is 1. The first-order valence-corrected chi connectivity index (χ1v) is 7.97. The second kappa shape index (κ2) is 10.4. The predicted molar refractivity (Wildman–Crippen MR) is 91.3 cm³/mol. The van der Waals surface area contributed by atoms with Gasteiger partial charge < -0.3 is 19.5 Å².